The van der Waals surface area contributed by atoms with E-state index >= 15 is 0 Å². The topological polar surface area (TPSA) is 61.6 Å². The van der Waals surface area contributed by atoms with Gasteiger partial charge >= 0.3 is 8.69 Å². The Morgan fingerprint density at radius 3 is 2.45 bits per heavy atom. The highest BCUT2D eigenvalue weighted by molar-refractivity contribution is 7.17. The molecule has 0 saturated carbocycles. The molecule has 0 atom stereocenters. The first kappa shape index (κ1) is 7.98. The van der Waals surface area contributed by atoms with Crippen LogP contribution < -0.4 is 10.6 Å². The van der Waals surface area contributed by atoms with Crippen molar-refractivity contribution in [1.82, 2.24) is 0 Å². The maximum Gasteiger partial charge on any atom is 0.372 e. The summed E-state index contributed by atoms with van der Waals surface area (Å²) in [6.45, 7) is 0. The van der Waals surface area contributed by atoms with Crippen LogP contribution in [0.15, 0.2) is 24.3 Å². The van der Waals surface area contributed by atoms with Crippen molar-refractivity contribution in [2.24, 2.45) is 0 Å². The van der Waals surface area contributed by atoms with Crippen LogP contribution in [0.2, 0.25) is 0 Å². The van der Waals surface area contributed by atoms with Gasteiger partial charge in [-0.2, -0.15) is 0 Å². The highest BCUT2D eigenvalue weighted by Gasteiger charge is 1.92. The van der Waals surface area contributed by atoms with Gasteiger partial charge in [-0.3, -0.25) is 0 Å². The summed E-state index contributed by atoms with van der Waals surface area (Å²) >= 11 is 0. The fourth-order valence-corrected chi connectivity index (χ4v) is 0.698. The van der Waals surface area contributed by atoms with Gasteiger partial charge < -0.3 is 10.6 Å². The van der Waals surface area contributed by atoms with Gasteiger partial charge in [0.05, 0.1) is 0 Å². The molecule has 0 aromatic heterocycles. The van der Waals surface area contributed by atoms with Crippen LogP contribution >= 0.6 is 8.69 Å². The lowest BCUT2D eigenvalue weighted by atomic mass is 10.3. The zero-order chi connectivity index (χ0) is 8.10. The van der Waals surface area contributed by atoms with Crippen molar-refractivity contribution in [1.29, 1.82) is 0 Å². The molecule has 0 unspecified atom stereocenters. The number of anilines is 1. The third kappa shape index (κ3) is 2.53. The number of rotatable bonds is 3. The summed E-state index contributed by atoms with van der Waals surface area (Å²) in [7, 11) is -0.513. The van der Waals surface area contributed by atoms with E-state index in [0.29, 0.717) is 11.4 Å². The van der Waals surface area contributed by atoms with E-state index in [1.54, 1.807) is 24.3 Å². The predicted octanol–water partition coefficient (Wildman–Crippen LogP) is 1.79. The Bertz CT molecular complexity index is 236. The summed E-state index contributed by atoms with van der Waals surface area (Å²) in [6.07, 6.45) is 0. The van der Waals surface area contributed by atoms with E-state index in [1.807, 2.05) is 0 Å². The second-order valence-corrected chi connectivity index (χ2v) is 2.10. The number of hydrogen-bond acceptors (Lipinski definition) is 4. The van der Waals surface area contributed by atoms with Crippen molar-refractivity contribution in [3.8, 4) is 5.75 Å². The van der Waals surface area contributed by atoms with Crippen LogP contribution in [0, 0.1) is 0 Å². The lowest BCUT2D eigenvalue weighted by Crippen LogP contribution is -1.87. The average molecular weight is 171 g/mol. The highest BCUT2D eigenvalue weighted by Crippen LogP contribution is 2.14. The van der Waals surface area contributed by atoms with Crippen molar-refractivity contribution in [3.05, 3.63) is 24.3 Å². The van der Waals surface area contributed by atoms with Crippen molar-refractivity contribution >= 4 is 14.4 Å². The van der Waals surface area contributed by atoms with E-state index in [-0.39, 0.29) is 0 Å². The molecule has 1 aromatic carbocycles. The van der Waals surface area contributed by atoms with Crippen molar-refractivity contribution in [3.63, 3.8) is 0 Å². The minimum Gasteiger partial charge on any atom is -0.399 e. The molecule has 1 aromatic rings. The Morgan fingerprint density at radius 2 is 1.91 bits per heavy atom. The molecule has 0 bridgehead atoms. The molecule has 0 heterocycles. The van der Waals surface area contributed by atoms with Crippen LogP contribution in [-0.2, 0) is 9.24 Å². The Labute approximate surface area is 65.1 Å². The quantitative estimate of drug-likeness (QED) is 0.326. The Balaban J connectivity index is 2.58. The lowest BCUT2D eigenvalue weighted by molar-refractivity contribution is -0.0866. The summed E-state index contributed by atoms with van der Waals surface area (Å²) in [5.74, 6) is 0.461. The smallest absolute Gasteiger partial charge is 0.372 e. The maximum atomic E-state index is 9.77. The van der Waals surface area contributed by atoms with E-state index in [4.69, 9.17) is 5.73 Å². The van der Waals surface area contributed by atoms with E-state index in [1.165, 1.54) is 0 Å². The fraction of sp³-hybridized carbons (Fsp3) is 0. The number of nitrogens with two attached hydrogens (primary N) is 1. The number of nitrogen functional groups attached to an aromatic ring is 1. The first-order valence-corrected chi connectivity index (χ1v) is 3.58. The van der Waals surface area contributed by atoms with Gasteiger partial charge in [-0.05, 0) is 24.3 Å². The monoisotopic (exact) mass is 171 g/mol. The normalized spacial score (nSPS) is 9.82. The van der Waals surface area contributed by atoms with Crippen LogP contribution in [0.1, 0.15) is 0 Å². The van der Waals surface area contributed by atoms with Gasteiger partial charge in [-0.1, -0.05) is 4.67 Å². The van der Waals surface area contributed by atoms with Crippen molar-refractivity contribution in [2.75, 3.05) is 5.73 Å². The molecule has 0 saturated heterocycles. The predicted molar refractivity (Wildman–Crippen MR) is 40.2 cm³/mol. The molecule has 11 heavy (non-hydrogen) atoms. The van der Waals surface area contributed by atoms with Gasteiger partial charge in [-0.25, -0.2) is 4.57 Å². The molecule has 5 heteroatoms. The minimum absolute atomic E-state index is 0.461. The van der Waals surface area contributed by atoms with Gasteiger partial charge in [0.25, 0.3) is 0 Å². The molecule has 58 valence electrons. The molecule has 0 aliphatic heterocycles. The van der Waals surface area contributed by atoms with Crippen LogP contribution in [0.3, 0.4) is 0 Å². The van der Waals surface area contributed by atoms with E-state index in [9.17, 15) is 4.57 Å². The number of benzene rings is 1. The lowest BCUT2D eigenvalue weighted by Gasteiger charge is -1.97. The molecular weight excluding hydrogens is 165 g/mol. The van der Waals surface area contributed by atoms with Gasteiger partial charge in [0.15, 0.2) is 5.75 Å². The molecular formula is C6H6NO3P. The first-order valence-electron chi connectivity index (χ1n) is 2.85. The second-order valence-electron chi connectivity index (χ2n) is 1.80. The average Bonchev–Trinajstić information content (AvgIpc) is 2.04. The zero-order valence-corrected chi connectivity index (χ0v) is 6.45. The minimum atomic E-state index is -0.513. The Hall–Kier alpha value is -1.12. The molecule has 0 amide bonds. The molecule has 1 rings (SSSR count). The van der Waals surface area contributed by atoms with Crippen molar-refractivity contribution in [2.45, 2.75) is 0 Å². The van der Waals surface area contributed by atoms with Crippen molar-refractivity contribution < 1.29 is 14.1 Å². The molecule has 0 aliphatic carbocycles. The Kier molecular flexibility index (Phi) is 2.83. The second kappa shape index (κ2) is 3.91. The molecule has 0 fully saturated rings. The summed E-state index contributed by atoms with van der Waals surface area (Å²) < 4.78 is 13.9. The first-order chi connectivity index (χ1) is 5.33. The largest absolute Gasteiger partial charge is 0.399 e. The van der Waals surface area contributed by atoms with Gasteiger partial charge in [-0.15, -0.1) is 0 Å². The van der Waals surface area contributed by atoms with E-state index < -0.39 is 8.69 Å². The van der Waals surface area contributed by atoms with Crippen LogP contribution in [0.25, 0.3) is 0 Å². The van der Waals surface area contributed by atoms with Crippen LogP contribution in [-0.4, -0.2) is 0 Å². The standard InChI is InChI=1S/C6H6NO3P/c7-5-1-3-6(4-2-5)9-10-11-8/h1-4H,7H2. The van der Waals surface area contributed by atoms with Gasteiger partial charge in [0.2, 0.25) is 0 Å². The SMILES string of the molecule is Nc1ccc(OOP=O)cc1. The van der Waals surface area contributed by atoms with E-state index in [2.05, 4.69) is 9.56 Å². The summed E-state index contributed by atoms with van der Waals surface area (Å²) in [5, 5.41) is 0. The van der Waals surface area contributed by atoms with Crippen LogP contribution in [0.5, 0.6) is 5.75 Å². The number of hydrogen-bond donors (Lipinski definition) is 1. The van der Waals surface area contributed by atoms with Gasteiger partial charge in [0.1, 0.15) is 0 Å². The fourth-order valence-electron chi connectivity index (χ4n) is 0.582. The molecule has 0 spiro atoms. The zero-order valence-electron chi connectivity index (χ0n) is 5.56. The molecule has 2 N–H and O–H groups in total. The van der Waals surface area contributed by atoms with Crippen LogP contribution in [0.4, 0.5) is 5.69 Å². The maximum absolute atomic E-state index is 9.77. The Morgan fingerprint density at radius 1 is 1.27 bits per heavy atom. The summed E-state index contributed by atoms with van der Waals surface area (Å²) in [5.41, 5.74) is 6.03. The molecule has 0 radical (unpaired) electrons. The summed E-state index contributed by atoms with van der Waals surface area (Å²) in [6, 6.07) is 6.53. The molecule has 0 aliphatic rings. The highest BCUT2D eigenvalue weighted by atomic mass is 31.1. The molecule has 4 nitrogen and oxygen atoms in total. The third-order valence-electron chi connectivity index (χ3n) is 1.04. The van der Waals surface area contributed by atoms with E-state index in [0.717, 1.165) is 0 Å². The van der Waals surface area contributed by atoms with Gasteiger partial charge in [0, 0.05) is 5.69 Å². The summed E-state index contributed by atoms with van der Waals surface area (Å²) in [4.78, 5) is 4.53. The third-order valence-corrected chi connectivity index (χ3v) is 1.18.